The Morgan fingerprint density at radius 3 is 1.92 bits per heavy atom. The molecule has 0 heterocycles. The Balaban J connectivity index is 0. The summed E-state index contributed by atoms with van der Waals surface area (Å²) >= 11 is 0. The molecular weight excluding hydrogens is 156 g/mol. The first kappa shape index (κ1) is 13.5. The minimum absolute atomic E-state index is 0.289. The third kappa shape index (κ3) is 23.2. The molecule has 0 fully saturated rings. The number of rotatable bonds is 3. The van der Waals surface area contributed by atoms with Gasteiger partial charge in [0.25, 0.3) is 0 Å². The van der Waals surface area contributed by atoms with Crippen LogP contribution in [0.3, 0.4) is 0 Å². The minimum atomic E-state index is -0.891. The molecule has 0 rings (SSSR count). The molecule has 0 aromatic carbocycles. The molecule has 12 heavy (non-hydrogen) atoms. The fourth-order valence-electron chi connectivity index (χ4n) is 0.495. The van der Waals surface area contributed by atoms with E-state index in [1.165, 1.54) is 6.08 Å². The van der Waals surface area contributed by atoms with Crippen molar-refractivity contribution in [2.24, 2.45) is 0 Å². The number of hydrogen-bond acceptors (Lipinski definition) is 2. The number of carboxylic acid groups (broad SMARTS) is 1. The lowest BCUT2D eigenvalue weighted by Gasteiger charge is -1.80. The van der Waals surface area contributed by atoms with E-state index >= 15 is 0 Å². The third-order valence-corrected chi connectivity index (χ3v) is 0.911. The number of carbonyl (C=O) groups is 2. The summed E-state index contributed by atoms with van der Waals surface area (Å²) in [6.07, 6.45) is 4.28. The van der Waals surface area contributed by atoms with Crippen LogP contribution in [0, 0.1) is 0 Å². The minimum Gasteiger partial charge on any atom is -0.478 e. The zero-order chi connectivity index (χ0) is 9.98. The van der Waals surface area contributed by atoms with Crippen LogP contribution in [-0.2, 0) is 9.59 Å². The quantitative estimate of drug-likeness (QED) is 0.662. The predicted octanol–water partition coefficient (Wildman–Crippen LogP) is 2.02. The van der Waals surface area contributed by atoms with Gasteiger partial charge in [0.2, 0.25) is 0 Å². The molecule has 0 spiro atoms. The van der Waals surface area contributed by atoms with Crippen LogP contribution < -0.4 is 0 Å². The van der Waals surface area contributed by atoms with E-state index in [2.05, 4.69) is 0 Å². The average Bonchev–Trinajstić information content (AvgIpc) is 1.87. The number of allylic oxidation sites excluding steroid dienone is 1. The van der Waals surface area contributed by atoms with Crippen molar-refractivity contribution in [2.45, 2.75) is 33.6 Å². The van der Waals surface area contributed by atoms with Crippen molar-refractivity contribution in [1.29, 1.82) is 0 Å². The van der Waals surface area contributed by atoms with E-state index in [4.69, 9.17) is 5.11 Å². The van der Waals surface area contributed by atoms with Gasteiger partial charge in [-0.15, -0.1) is 0 Å². The van der Waals surface area contributed by atoms with Gasteiger partial charge in [0.15, 0.2) is 0 Å². The third-order valence-electron chi connectivity index (χ3n) is 0.911. The van der Waals surface area contributed by atoms with Crippen molar-refractivity contribution < 1.29 is 14.7 Å². The van der Waals surface area contributed by atoms with Crippen molar-refractivity contribution in [3.05, 3.63) is 12.2 Å². The zero-order valence-electron chi connectivity index (χ0n) is 7.83. The van der Waals surface area contributed by atoms with E-state index in [0.29, 0.717) is 0 Å². The summed E-state index contributed by atoms with van der Waals surface area (Å²) in [5.41, 5.74) is 0. The molecule has 1 N–H and O–H groups in total. The van der Waals surface area contributed by atoms with Gasteiger partial charge in [-0.1, -0.05) is 13.0 Å². The molecule has 0 aromatic rings. The fourth-order valence-corrected chi connectivity index (χ4v) is 0.495. The van der Waals surface area contributed by atoms with Crippen molar-refractivity contribution in [3.8, 4) is 0 Å². The van der Waals surface area contributed by atoms with Crippen LogP contribution >= 0.6 is 0 Å². The second-order valence-electron chi connectivity index (χ2n) is 2.29. The fraction of sp³-hybridized carbons (Fsp3) is 0.556. The highest BCUT2D eigenvalue weighted by molar-refractivity contribution is 5.79. The molecule has 0 unspecified atom stereocenters. The number of aliphatic carboxylic acids is 1. The smallest absolute Gasteiger partial charge is 0.327 e. The Morgan fingerprint density at radius 2 is 1.92 bits per heavy atom. The SMILES string of the molecule is CC=CC(=O)O.CCCC(C)=O. The van der Waals surface area contributed by atoms with Crippen molar-refractivity contribution in [1.82, 2.24) is 0 Å². The van der Waals surface area contributed by atoms with Gasteiger partial charge in [-0.05, 0) is 20.3 Å². The zero-order valence-corrected chi connectivity index (χ0v) is 7.83. The molecule has 0 radical (unpaired) electrons. The summed E-state index contributed by atoms with van der Waals surface area (Å²) < 4.78 is 0. The lowest BCUT2D eigenvalue weighted by Crippen LogP contribution is -1.84. The molecule has 3 heteroatoms. The van der Waals surface area contributed by atoms with Gasteiger partial charge < -0.3 is 9.90 Å². The Hall–Kier alpha value is -1.12. The summed E-state index contributed by atoms with van der Waals surface area (Å²) in [6, 6.07) is 0. The first-order valence-corrected chi connectivity index (χ1v) is 3.89. The monoisotopic (exact) mass is 172 g/mol. The van der Waals surface area contributed by atoms with E-state index in [-0.39, 0.29) is 5.78 Å². The number of hydrogen-bond donors (Lipinski definition) is 1. The van der Waals surface area contributed by atoms with Crippen LogP contribution in [0.1, 0.15) is 33.6 Å². The van der Waals surface area contributed by atoms with E-state index < -0.39 is 5.97 Å². The van der Waals surface area contributed by atoms with Crippen molar-refractivity contribution in [2.75, 3.05) is 0 Å². The van der Waals surface area contributed by atoms with Gasteiger partial charge in [-0.2, -0.15) is 0 Å². The number of carboxylic acids is 1. The molecule has 0 aliphatic carbocycles. The molecular formula is C9H16O3. The Kier molecular flexibility index (Phi) is 11.1. The van der Waals surface area contributed by atoms with Crippen LogP contribution in [0.4, 0.5) is 0 Å². The van der Waals surface area contributed by atoms with E-state index in [1.807, 2.05) is 6.92 Å². The Labute approximate surface area is 73.1 Å². The van der Waals surface area contributed by atoms with Gasteiger partial charge in [0.05, 0.1) is 0 Å². The predicted molar refractivity (Wildman–Crippen MR) is 48.0 cm³/mol. The molecule has 70 valence electrons. The van der Waals surface area contributed by atoms with Gasteiger partial charge in [0, 0.05) is 12.5 Å². The first-order chi connectivity index (χ1) is 5.54. The summed E-state index contributed by atoms with van der Waals surface area (Å²) in [6.45, 7) is 5.28. The highest BCUT2D eigenvalue weighted by Gasteiger charge is 1.83. The summed E-state index contributed by atoms with van der Waals surface area (Å²) in [4.78, 5) is 19.6. The normalized spacial score (nSPS) is 8.92. The number of carbonyl (C=O) groups excluding carboxylic acids is 1. The standard InChI is InChI=1S/C5H10O.C4H6O2/c1-3-4-5(2)6;1-2-3-4(5)6/h3-4H2,1-2H3;2-3H,1H3,(H,5,6). The Bertz CT molecular complexity index is 159. The van der Waals surface area contributed by atoms with E-state index in [9.17, 15) is 9.59 Å². The van der Waals surface area contributed by atoms with Crippen LogP contribution in [0.2, 0.25) is 0 Å². The van der Waals surface area contributed by atoms with Gasteiger partial charge in [-0.3, -0.25) is 0 Å². The van der Waals surface area contributed by atoms with Gasteiger partial charge in [-0.25, -0.2) is 4.79 Å². The number of ketones is 1. The molecule has 0 saturated carbocycles. The molecule has 0 aliphatic rings. The number of Topliss-reactive ketones (excluding diaryl/α,β-unsaturated/α-hetero) is 1. The van der Waals surface area contributed by atoms with Crippen LogP contribution in [0.25, 0.3) is 0 Å². The largest absolute Gasteiger partial charge is 0.478 e. The van der Waals surface area contributed by atoms with Crippen LogP contribution in [-0.4, -0.2) is 16.9 Å². The van der Waals surface area contributed by atoms with Crippen molar-refractivity contribution >= 4 is 11.8 Å². The van der Waals surface area contributed by atoms with Gasteiger partial charge >= 0.3 is 5.97 Å². The van der Waals surface area contributed by atoms with E-state index in [0.717, 1.165) is 18.9 Å². The molecule has 0 bridgehead atoms. The van der Waals surface area contributed by atoms with Crippen LogP contribution in [0.5, 0.6) is 0 Å². The van der Waals surface area contributed by atoms with E-state index in [1.54, 1.807) is 13.8 Å². The molecule has 0 aliphatic heterocycles. The maximum atomic E-state index is 10.0. The summed E-state index contributed by atoms with van der Waals surface area (Å²) in [5.74, 6) is -0.602. The molecule has 0 saturated heterocycles. The Morgan fingerprint density at radius 1 is 1.42 bits per heavy atom. The lowest BCUT2D eigenvalue weighted by atomic mass is 10.3. The lowest BCUT2D eigenvalue weighted by molar-refractivity contribution is -0.131. The van der Waals surface area contributed by atoms with Crippen molar-refractivity contribution in [3.63, 3.8) is 0 Å². The second kappa shape index (κ2) is 9.88. The van der Waals surface area contributed by atoms with Gasteiger partial charge in [0.1, 0.15) is 5.78 Å². The summed E-state index contributed by atoms with van der Waals surface area (Å²) in [5, 5.41) is 7.83. The molecule has 0 amide bonds. The maximum Gasteiger partial charge on any atom is 0.327 e. The highest BCUT2D eigenvalue weighted by Crippen LogP contribution is 1.84. The topological polar surface area (TPSA) is 54.4 Å². The summed E-state index contributed by atoms with van der Waals surface area (Å²) in [7, 11) is 0. The highest BCUT2D eigenvalue weighted by atomic mass is 16.4. The molecule has 3 nitrogen and oxygen atoms in total. The molecule has 0 aromatic heterocycles. The first-order valence-electron chi connectivity index (χ1n) is 3.89. The maximum absolute atomic E-state index is 10.0. The van der Waals surface area contributed by atoms with Crippen LogP contribution in [0.15, 0.2) is 12.2 Å². The average molecular weight is 172 g/mol. The molecule has 0 atom stereocenters. The second-order valence-corrected chi connectivity index (χ2v) is 2.29.